The Kier molecular flexibility index (Phi) is 5.86. The summed E-state index contributed by atoms with van der Waals surface area (Å²) in [5.41, 5.74) is 1.09. The molecule has 0 saturated carbocycles. The fourth-order valence-corrected chi connectivity index (χ4v) is 2.81. The van der Waals surface area contributed by atoms with Crippen molar-refractivity contribution in [2.45, 2.75) is 39.2 Å². The molecular weight excluding hydrogens is 252 g/mol. The molecule has 1 aromatic rings. The molecule has 1 aliphatic heterocycles. The zero-order chi connectivity index (χ0) is 14.4. The van der Waals surface area contributed by atoms with Crippen molar-refractivity contribution in [3.63, 3.8) is 0 Å². The molecule has 1 saturated heterocycles. The molecule has 0 bridgehead atoms. The number of rotatable bonds is 7. The summed E-state index contributed by atoms with van der Waals surface area (Å²) in [6.45, 7) is 8.94. The number of nitrogens with zero attached hydrogens (tertiary/aromatic N) is 3. The van der Waals surface area contributed by atoms with Gasteiger partial charge in [0.25, 0.3) is 0 Å². The highest BCUT2D eigenvalue weighted by Crippen LogP contribution is 2.24. The van der Waals surface area contributed by atoms with Crippen molar-refractivity contribution < 1.29 is 4.74 Å². The average molecular weight is 280 g/mol. The van der Waals surface area contributed by atoms with Gasteiger partial charge >= 0.3 is 0 Å². The normalized spacial score (nSPS) is 20.2. The Morgan fingerprint density at radius 2 is 2.35 bits per heavy atom. The second-order valence-corrected chi connectivity index (χ2v) is 5.65. The third-order valence-electron chi connectivity index (χ3n) is 3.80. The van der Waals surface area contributed by atoms with Gasteiger partial charge in [0.15, 0.2) is 0 Å². The molecule has 2 heterocycles. The Balaban J connectivity index is 1.91. The predicted molar refractivity (Wildman–Crippen MR) is 82.3 cm³/mol. The Morgan fingerprint density at radius 3 is 3.10 bits per heavy atom. The minimum Gasteiger partial charge on any atom is -0.382 e. The molecule has 0 amide bonds. The Bertz CT molecular complexity index is 405. The van der Waals surface area contributed by atoms with Gasteiger partial charge in [-0.25, -0.2) is 4.98 Å². The third-order valence-corrected chi connectivity index (χ3v) is 3.80. The van der Waals surface area contributed by atoms with Crippen LogP contribution in [0.3, 0.4) is 0 Å². The van der Waals surface area contributed by atoms with Crippen LogP contribution in [0.15, 0.2) is 6.20 Å². The lowest BCUT2D eigenvalue weighted by Crippen LogP contribution is -2.33. The van der Waals surface area contributed by atoms with E-state index in [9.17, 15) is 0 Å². The van der Waals surface area contributed by atoms with E-state index in [0.29, 0.717) is 6.04 Å². The molecule has 20 heavy (non-hydrogen) atoms. The number of anilines is 1. The van der Waals surface area contributed by atoms with Crippen molar-refractivity contribution in [2.75, 3.05) is 45.2 Å². The van der Waals surface area contributed by atoms with Crippen LogP contribution in [0.25, 0.3) is 0 Å². The van der Waals surface area contributed by atoms with E-state index in [1.807, 2.05) is 6.92 Å². The van der Waals surface area contributed by atoms with Gasteiger partial charge in [0.05, 0.1) is 5.69 Å². The van der Waals surface area contributed by atoms with Crippen LogP contribution in [-0.2, 0) is 4.74 Å². The number of nitrogens with one attached hydrogen (secondary N) is 1. The van der Waals surface area contributed by atoms with Crippen molar-refractivity contribution in [3.8, 4) is 0 Å². The van der Waals surface area contributed by atoms with Gasteiger partial charge in [0, 0.05) is 38.5 Å². The number of piperidine rings is 1. The molecule has 114 valence electrons. The lowest BCUT2D eigenvalue weighted by atomic mass is 10.1. The number of hydrogen-bond acceptors (Lipinski definition) is 4. The fourth-order valence-electron chi connectivity index (χ4n) is 2.81. The van der Waals surface area contributed by atoms with E-state index < -0.39 is 0 Å². The molecule has 0 aromatic carbocycles. The van der Waals surface area contributed by atoms with E-state index >= 15 is 0 Å². The summed E-state index contributed by atoms with van der Waals surface area (Å²) in [7, 11) is 2.20. The molecule has 1 aromatic heterocycles. The van der Waals surface area contributed by atoms with Gasteiger partial charge in [0.2, 0.25) is 5.95 Å². The molecule has 1 unspecified atom stereocenters. The largest absolute Gasteiger partial charge is 0.382 e. The first-order chi connectivity index (χ1) is 9.70. The van der Waals surface area contributed by atoms with E-state index in [0.717, 1.165) is 44.4 Å². The number of hydrogen-bond donors (Lipinski definition) is 1. The standard InChI is InChI=1S/C15H28N4O/c1-4-20-10-6-8-16-15-17-13(2)11-19(15)14-7-5-9-18(3)12-14/h11,14H,4-10,12H2,1-3H3,(H,16,17). The minimum absolute atomic E-state index is 0.546. The molecule has 1 N–H and O–H groups in total. The van der Waals surface area contributed by atoms with Gasteiger partial charge in [-0.15, -0.1) is 0 Å². The van der Waals surface area contributed by atoms with Crippen molar-refractivity contribution in [1.82, 2.24) is 14.5 Å². The zero-order valence-corrected chi connectivity index (χ0v) is 13.1. The van der Waals surface area contributed by atoms with E-state index in [2.05, 4.69) is 39.9 Å². The average Bonchev–Trinajstić information content (AvgIpc) is 2.80. The molecular formula is C15H28N4O. The van der Waals surface area contributed by atoms with Crippen LogP contribution in [0, 0.1) is 6.92 Å². The molecule has 5 heteroatoms. The summed E-state index contributed by atoms with van der Waals surface area (Å²) in [6.07, 6.45) is 5.70. The topological polar surface area (TPSA) is 42.3 Å². The molecule has 0 aliphatic carbocycles. The molecule has 1 aliphatic rings. The van der Waals surface area contributed by atoms with Crippen LogP contribution < -0.4 is 5.32 Å². The van der Waals surface area contributed by atoms with E-state index in [-0.39, 0.29) is 0 Å². The number of likely N-dealkylation sites (N-methyl/N-ethyl adjacent to an activating group) is 1. The first-order valence-corrected chi connectivity index (χ1v) is 7.76. The zero-order valence-electron chi connectivity index (χ0n) is 13.1. The first kappa shape index (κ1) is 15.3. The minimum atomic E-state index is 0.546. The molecule has 5 nitrogen and oxygen atoms in total. The molecule has 0 radical (unpaired) electrons. The summed E-state index contributed by atoms with van der Waals surface area (Å²) in [5, 5.41) is 3.46. The summed E-state index contributed by atoms with van der Waals surface area (Å²) >= 11 is 0. The lowest BCUT2D eigenvalue weighted by Gasteiger charge is -2.31. The predicted octanol–water partition coefficient (Wildman–Crippen LogP) is 2.30. The van der Waals surface area contributed by atoms with Gasteiger partial charge in [0.1, 0.15) is 0 Å². The van der Waals surface area contributed by atoms with Gasteiger partial charge in [-0.2, -0.15) is 0 Å². The fraction of sp³-hybridized carbons (Fsp3) is 0.800. The van der Waals surface area contributed by atoms with Crippen molar-refractivity contribution >= 4 is 5.95 Å². The maximum atomic E-state index is 5.36. The monoisotopic (exact) mass is 280 g/mol. The second kappa shape index (κ2) is 7.64. The van der Waals surface area contributed by atoms with Gasteiger partial charge < -0.3 is 19.5 Å². The summed E-state index contributed by atoms with van der Waals surface area (Å²) in [5.74, 6) is 1.01. The van der Waals surface area contributed by atoms with E-state index in [1.54, 1.807) is 0 Å². The number of likely N-dealkylation sites (tertiary alicyclic amines) is 1. The van der Waals surface area contributed by atoms with E-state index in [1.165, 1.54) is 19.4 Å². The number of imidazole rings is 1. The summed E-state index contributed by atoms with van der Waals surface area (Å²) in [4.78, 5) is 7.03. The van der Waals surface area contributed by atoms with Crippen LogP contribution >= 0.6 is 0 Å². The highest BCUT2D eigenvalue weighted by atomic mass is 16.5. The van der Waals surface area contributed by atoms with Crippen molar-refractivity contribution in [3.05, 3.63) is 11.9 Å². The van der Waals surface area contributed by atoms with E-state index in [4.69, 9.17) is 4.74 Å². The highest BCUT2D eigenvalue weighted by Gasteiger charge is 2.21. The van der Waals surface area contributed by atoms with Crippen LogP contribution in [0.1, 0.15) is 37.9 Å². The third kappa shape index (κ3) is 4.21. The number of aryl methyl sites for hydroxylation is 1. The van der Waals surface area contributed by atoms with Crippen LogP contribution in [0.4, 0.5) is 5.95 Å². The molecule has 0 spiro atoms. The SMILES string of the molecule is CCOCCCNc1nc(C)cn1C1CCCN(C)C1. The summed E-state index contributed by atoms with van der Waals surface area (Å²) in [6, 6.07) is 0.546. The number of ether oxygens (including phenoxy) is 1. The quantitative estimate of drug-likeness (QED) is 0.778. The summed E-state index contributed by atoms with van der Waals surface area (Å²) < 4.78 is 7.69. The molecule has 1 atom stereocenters. The first-order valence-electron chi connectivity index (χ1n) is 7.76. The van der Waals surface area contributed by atoms with Gasteiger partial charge in [-0.1, -0.05) is 0 Å². The van der Waals surface area contributed by atoms with Crippen LogP contribution in [0.5, 0.6) is 0 Å². The van der Waals surface area contributed by atoms with Crippen molar-refractivity contribution in [2.24, 2.45) is 0 Å². The Morgan fingerprint density at radius 1 is 1.50 bits per heavy atom. The van der Waals surface area contributed by atoms with Crippen LogP contribution in [0.2, 0.25) is 0 Å². The Hall–Kier alpha value is -1.07. The Labute approximate surface area is 122 Å². The maximum Gasteiger partial charge on any atom is 0.203 e. The van der Waals surface area contributed by atoms with Crippen molar-refractivity contribution in [1.29, 1.82) is 0 Å². The number of aromatic nitrogens is 2. The van der Waals surface area contributed by atoms with Gasteiger partial charge in [-0.05, 0) is 46.7 Å². The van der Waals surface area contributed by atoms with Crippen LogP contribution in [-0.4, -0.2) is 54.3 Å². The maximum absolute atomic E-state index is 5.36. The molecule has 2 rings (SSSR count). The lowest BCUT2D eigenvalue weighted by molar-refractivity contribution is 0.147. The molecule has 1 fully saturated rings. The highest BCUT2D eigenvalue weighted by molar-refractivity contribution is 5.29. The second-order valence-electron chi connectivity index (χ2n) is 5.65. The van der Waals surface area contributed by atoms with Gasteiger partial charge in [-0.3, -0.25) is 0 Å². The smallest absolute Gasteiger partial charge is 0.203 e.